The summed E-state index contributed by atoms with van der Waals surface area (Å²) in [4.78, 5) is 13.7. The molecule has 0 aliphatic heterocycles. The first kappa shape index (κ1) is 18.9. The summed E-state index contributed by atoms with van der Waals surface area (Å²) in [7, 11) is -3.84. The number of likely N-dealkylation sites (N-methyl/N-ethyl adjacent to an activating group) is 1. The number of amides is 1. The summed E-state index contributed by atoms with van der Waals surface area (Å²) in [6.07, 6.45) is 0. The molecule has 2 aromatic carbocycles. The van der Waals surface area contributed by atoms with E-state index >= 15 is 0 Å². The number of carbonyl (C=O) groups is 1. The number of rotatable bonds is 7. The lowest BCUT2D eigenvalue weighted by Gasteiger charge is -2.19. The van der Waals surface area contributed by atoms with Crippen molar-refractivity contribution in [1.82, 2.24) is 4.90 Å². The predicted molar refractivity (Wildman–Crippen MR) is 92.3 cm³/mol. The minimum absolute atomic E-state index is 0.0610. The van der Waals surface area contributed by atoms with E-state index in [-0.39, 0.29) is 29.6 Å². The molecule has 0 saturated heterocycles. The second-order valence-corrected chi connectivity index (χ2v) is 6.93. The summed E-state index contributed by atoms with van der Waals surface area (Å²) in [6, 6.07) is 10.4. The minimum Gasteiger partial charge on any atom is -0.395 e. The highest BCUT2D eigenvalue weighted by Gasteiger charge is 2.16. The van der Waals surface area contributed by atoms with Crippen LogP contribution in [-0.2, 0) is 10.0 Å². The lowest BCUT2D eigenvalue weighted by atomic mass is 10.2. The summed E-state index contributed by atoms with van der Waals surface area (Å²) in [5.41, 5.74) is 0.672. The summed E-state index contributed by atoms with van der Waals surface area (Å²) in [5.74, 6) is -0.769. The smallest absolute Gasteiger partial charge is 0.261 e. The molecule has 0 unspecified atom stereocenters. The number of hydrogen-bond donors (Lipinski definition) is 2. The molecule has 25 heavy (non-hydrogen) atoms. The van der Waals surface area contributed by atoms with Crippen LogP contribution in [0.15, 0.2) is 53.4 Å². The van der Waals surface area contributed by atoms with Crippen LogP contribution in [0.2, 0.25) is 0 Å². The van der Waals surface area contributed by atoms with Crippen LogP contribution in [0, 0.1) is 5.82 Å². The summed E-state index contributed by atoms with van der Waals surface area (Å²) in [5, 5.41) is 8.97. The van der Waals surface area contributed by atoms with Gasteiger partial charge in [-0.2, -0.15) is 0 Å². The van der Waals surface area contributed by atoms with Crippen molar-refractivity contribution in [3.63, 3.8) is 0 Å². The second kappa shape index (κ2) is 8.09. The SMILES string of the molecule is CCN(CCO)C(=O)c1ccc(NS(=O)(=O)c2ccc(F)cc2)cc1. The van der Waals surface area contributed by atoms with Gasteiger partial charge in [-0.3, -0.25) is 9.52 Å². The molecule has 0 spiro atoms. The van der Waals surface area contributed by atoms with Gasteiger partial charge in [0.15, 0.2) is 0 Å². The molecule has 2 N–H and O–H groups in total. The van der Waals surface area contributed by atoms with Crippen LogP contribution in [-0.4, -0.2) is 44.0 Å². The zero-order chi connectivity index (χ0) is 18.4. The maximum absolute atomic E-state index is 12.9. The number of hydrogen-bond acceptors (Lipinski definition) is 4. The molecular formula is C17H19FN2O4S. The Balaban J connectivity index is 2.14. The molecule has 0 fully saturated rings. The van der Waals surface area contributed by atoms with Gasteiger partial charge >= 0.3 is 0 Å². The first-order valence-electron chi connectivity index (χ1n) is 7.66. The van der Waals surface area contributed by atoms with Gasteiger partial charge in [0.05, 0.1) is 11.5 Å². The topological polar surface area (TPSA) is 86.7 Å². The lowest BCUT2D eigenvalue weighted by molar-refractivity contribution is 0.0732. The van der Waals surface area contributed by atoms with Gasteiger partial charge in [0.1, 0.15) is 5.82 Å². The highest BCUT2D eigenvalue weighted by atomic mass is 32.2. The third-order valence-electron chi connectivity index (χ3n) is 3.55. The van der Waals surface area contributed by atoms with E-state index < -0.39 is 15.8 Å². The fourth-order valence-electron chi connectivity index (χ4n) is 2.22. The summed E-state index contributed by atoms with van der Waals surface area (Å²) < 4.78 is 39.7. The molecule has 2 rings (SSSR count). The van der Waals surface area contributed by atoms with E-state index in [1.54, 1.807) is 6.92 Å². The van der Waals surface area contributed by atoms with E-state index in [9.17, 15) is 17.6 Å². The van der Waals surface area contributed by atoms with Gasteiger partial charge < -0.3 is 10.0 Å². The number of carbonyl (C=O) groups excluding carboxylic acids is 1. The average molecular weight is 366 g/mol. The number of anilines is 1. The zero-order valence-corrected chi connectivity index (χ0v) is 14.5. The Morgan fingerprint density at radius 1 is 1.12 bits per heavy atom. The van der Waals surface area contributed by atoms with E-state index in [2.05, 4.69) is 4.72 Å². The molecule has 0 aromatic heterocycles. The molecule has 0 bridgehead atoms. The first-order valence-corrected chi connectivity index (χ1v) is 9.14. The highest BCUT2D eigenvalue weighted by Crippen LogP contribution is 2.17. The molecule has 134 valence electrons. The van der Waals surface area contributed by atoms with E-state index in [0.29, 0.717) is 12.1 Å². The monoisotopic (exact) mass is 366 g/mol. The predicted octanol–water partition coefficient (Wildman–Crippen LogP) is 2.08. The second-order valence-electron chi connectivity index (χ2n) is 5.25. The Morgan fingerprint density at radius 2 is 1.72 bits per heavy atom. The Bertz CT molecular complexity index is 821. The molecule has 0 atom stereocenters. The Kier molecular flexibility index (Phi) is 6.11. The Hall–Kier alpha value is -2.45. The van der Waals surface area contributed by atoms with E-state index in [4.69, 9.17) is 5.11 Å². The normalized spacial score (nSPS) is 11.2. The van der Waals surface area contributed by atoms with Crippen LogP contribution in [0.4, 0.5) is 10.1 Å². The van der Waals surface area contributed by atoms with Gasteiger partial charge in [0, 0.05) is 24.3 Å². The molecule has 0 heterocycles. The Labute approximate surface area is 146 Å². The van der Waals surface area contributed by atoms with Crippen molar-refractivity contribution in [2.75, 3.05) is 24.4 Å². The molecule has 2 aromatic rings. The molecule has 0 aliphatic rings. The van der Waals surface area contributed by atoms with Crippen molar-refractivity contribution in [1.29, 1.82) is 0 Å². The number of aliphatic hydroxyl groups is 1. The van der Waals surface area contributed by atoms with E-state index in [1.165, 1.54) is 41.3 Å². The van der Waals surface area contributed by atoms with Crippen LogP contribution in [0.3, 0.4) is 0 Å². The molecule has 1 amide bonds. The molecule has 0 saturated carbocycles. The van der Waals surface area contributed by atoms with Gasteiger partial charge in [0.25, 0.3) is 15.9 Å². The van der Waals surface area contributed by atoms with E-state index in [0.717, 1.165) is 12.1 Å². The van der Waals surface area contributed by atoms with Gasteiger partial charge in [-0.1, -0.05) is 0 Å². The summed E-state index contributed by atoms with van der Waals surface area (Å²) in [6.45, 7) is 2.36. The van der Waals surface area contributed by atoms with Crippen LogP contribution >= 0.6 is 0 Å². The molecular weight excluding hydrogens is 347 g/mol. The van der Waals surface area contributed by atoms with Crippen molar-refractivity contribution in [3.8, 4) is 0 Å². The van der Waals surface area contributed by atoms with Crippen molar-refractivity contribution >= 4 is 21.6 Å². The number of nitrogens with zero attached hydrogens (tertiary/aromatic N) is 1. The van der Waals surface area contributed by atoms with Crippen molar-refractivity contribution < 1.29 is 22.7 Å². The van der Waals surface area contributed by atoms with Gasteiger partial charge in [-0.25, -0.2) is 12.8 Å². The molecule has 0 aliphatic carbocycles. The van der Waals surface area contributed by atoms with Crippen LogP contribution in [0.25, 0.3) is 0 Å². The molecule has 6 nitrogen and oxygen atoms in total. The van der Waals surface area contributed by atoms with Crippen LogP contribution in [0.5, 0.6) is 0 Å². The number of benzene rings is 2. The van der Waals surface area contributed by atoms with Crippen molar-refractivity contribution in [2.24, 2.45) is 0 Å². The Morgan fingerprint density at radius 3 is 2.24 bits per heavy atom. The van der Waals surface area contributed by atoms with Crippen LogP contribution in [0.1, 0.15) is 17.3 Å². The number of nitrogens with one attached hydrogen (secondary N) is 1. The molecule has 8 heteroatoms. The van der Waals surface area contributed by atoms with Crippen molar-refractivity contribution in [2.45, 2.75) is 11.8 Å². The maximum atomic E-state index is 12.9. The number of aliphatic hydroxyl groups excluding tert-OH is 1. The highest BCUT2D eigenvalue weighted by molar-refractivity contribution is 7.92. The zero-order valence-electron chi connectivity index (χ0n) is 13.6. The third kappa shape index (κ3) is 4.77. The first-order chi connectivity index (χ1) is 11.9. The van der Waals surface area contributed by atoms with Crippen LogP contribution < -0.4 is 4.72 Å². The van der Waals surface area contributed by atoms with E-state index in [1.807, 2.05) is 0 Å². The average Bonchev–Trinajstić information content (AvgIpc) is 2.60. The quantitative estimate of drug-likeness (QED) is 0.785. The van der Waals surface area contributed by atoms with Crippen molar-refractivity contribution in [3.05, 3.63) is 59.9 Å². The van der Waals surface area contributed by atoms with Gasteiger partial charge in [-0.05, 0) is 55.5 Å². The summed E-state index contributed by atoms with van der Waals surface area (Å²) >= 11 is 0. The maximum Gasteiger partial charge on any atom is 0.261 e. The lowest BCUT2D eigenvalue weighted by Crippen LogP contribution is -2.33. The van der Waals surface area contributed by atoms with Gasteiger partial charge in [-0.15, -0.1) is 0 Å². The largest absolute Gasteiger partial charge is 0.395 e. The van der Waals surface area contributed by atoms with Gasteiger partial charge in [0.2, 0.25) is 0 Å². The minimum atomic E-state index is -3.84. The standard InChI is InChI=1S/C17H19FN2O4S/c1-2-20(11-12-21)17(22)13-3-7-15(8-4-13)19-25(23,24)16-9-5-14(18)6-10-16/h3-10,19,21H,2,11-12H2,1H3. The number of halogens is 1. The fraction of sp³-hybridized carbons (Fsp3) is 0.235. The molecule has 0 radical (unpaired) electrons. The number of sulfonamides is 1. The fourth-order valence-corrected chi connectivity index (χ4v) is 3.27. The third-order valence-corrected chi connectivity index (χ3v) is 4.94.